The molecule has 0 bridgehead atoms. The van der Waals surface area contributed by atoms with Crippen molar-refractivity contribution in [3.05, 3.63) is 104 Å². The molecule has 4 rings (SSSR count). The standard InChI is InChI=1S/C28H22N4O10/c1-41-25-13-15(3-7-19(25)29-27(35)17-5-9-23(33)21(11-17)31(37)38)16-4-8-20(26(14-16)42-2)30-28(36)18-6-10-24(34)22(12-18)32(39)40/h3-14,33-34H,1-2H3,(H,29,35)(H,30,36). The largest absolute Gasteiger partial charge is 0.502 e. The number of methoxy groups -OCH3 is 2. The van der Waals surface area contributed by atoms with Crippen molar-refractivity contribution in [1.82, 2.24) is 0 Å². The van der Waals surface area contributed by atoms with Crippen LogP contribution in [0.4, 0.5) is 22.7 Å². The molecule has 14 nitrogen and oxygen atoms in total. The molecule has 0 saturated heterocycles. The number of carbonyl (C=O) groups excluding carboxylic acids is 2. The molecule has 2 amide bonds. The molecular formula is C28H22N4O10. The van der Waals surface area contributed by atoms with Crippen LogP contribution in [-0.2, 0) is 0 Å². The van der Waals surface area contributed by atoms with Gasteiger partial charge >= 0.3 is 11.4 Å². The fourth-order valence-electron chi connectivity index (χ4n) is 3.96. The summed E-state index contributed by atoms with van der Waals surface area (Å²) in [5.74, 6) is -1.90. The molecule has 0 aliphatic rings. The molecular weight excluding hydrogens is 552 g/mol. The Hall–Kier alpha value is -6.18. The van der Waals surface area contributed by atoms with Crippen LogP contribution in [0.1, 0.15) is 20.7 Å². The van der Waals surface area contributed by atoms with E-state index in [-0.39, 0.29) is 34.0 Å². The number of phenols is 2. The zero-order chi connectivity index (χ0) is 30.6. The maximum absolute atomic E-state index is 12.7. The molecule has 4 N–H and O–H groups in total. The van der Waals surface area contributed by atoms with Crippen LogP contribution in [-0.4, -0.2) is 46.1 Å². The number of nitrogens with one attached hydrogen (secondary N) is 2. The lowest BCUT2D eigenvalue weighted by Gasteiger charge is -2.15. The monoisotopic (exact) mass is 574 g/mol. The second kappa shape index (κ2) is 11.9. The van der Waals surface area contributed by atoms with E-state index in [1.165, 1.54) is 26.4 Å². The van der Waals surface area contributed by atoms with E-state index >= 15 is 0 Å². The Morgan fingerprint density at radius 3 is 1.36 bits per heavy atom. The first-order valence-electron chi connectivity index (χ1n) is 12.0. The van der Waals surface area contributed by atoms with Crippen molar-refractivity contribution in [2.45, 2.75) is 0 Å². The summed E-state index contributed by atoms with van der Waals surface area (Å²) in [6.45, 7) is 0. The number of nitro benzene ring substituents is 2. The summed E-state index contributed by atoms with van der Waals surface area (Å²) in [6.07, 6.45) is 0. The van der Waals surface area contributed by atoms with Crippen molar-refractivity contribution in [3.8, 4) is 34.1 Å². The molecule has 214 valence electrons. The molecule has 0 radical (unpaired) electrons. The highest BCUT2D eigenvalue weighted by atomic mass is 16.6. The maximum Gasteiger partial charge on any atom is 0.311 e. The Labute approximate surface area is 237 Å². The van der Waals surface area contributed by atoms with Crippen molar-refractivity contribution in [1.29, 1.82) is 0 Å². The minimum absolute atomic E-state index is 0.0464. The number of amides is 2. The summed E-state index contributed by atoms with van der Waals surface area (Å²) < 4.78 is 10.9. The van der Waals surface area contributed by atoms with E-state index in [0.717, 1.165) is 24.3 Å². The zero-order valence-electron chi connectivity index (χ0n) is 22.0. The molecule has 0 unspecified atom stereocenters. The molecule has 0 atom stereocenters. The number of nitro groups is 2. The highest BCUT2D eigenvalue weighted by Gasteiger charge is 2.20. The van der Waals surface area contributed by atoms with Crippen LogP contribution in [0.5, 0.6) is 23.0 Å². The average molecular weight is 575 g/mol. The summed E-state index contributed by atoms with van der Waals surface area (Å²) in [5, 5.41) is 46.7. The number of carbonyl (C=O) groups is 2. The van der Waals surface area contributed by atoms with Gasteiger partial charge in [-0.2, -0.15) is 0 Å². The SMILES string of the molecule is COc1cc(-c2ccc(NC(=O)c3ccc(O)c([N+](=O)[O-])c3)c(OC)c2)ccc1NC(=O)c1ccc(O)c([N+](=O)[O-])c1. The molecule has 42 heavy (non-hydrogen) atoms. The van der Waals surface area contributed by atoms with Gasteiger partial charge in [0, 0.05) is 23.3 Å². The quantitative estimate of drug-likeness (QED) is 0.154. The van der Waals surface area contributed by atoms with Crippen LogP contribution in [0.3, 0.4) is 0 Å². The van der Waals surface area contributed by atoms with Crippen molar-refractivity contribution < 1.29 is 39.1 Å². The summed E-state index contributed by atoms with van der Waals surface area (Å²) >= 11 is 0. The Morgan fingerprint density at radius 1 is 0.643 bits per heavy atom. The molecule has 4 aromatic carbocycles. The molecule has 14 heteroatoms. The minimum Gasteiger partial charge on any atom is -0.502 e. The Bertz CT molecular complexity index is 1610. The van der Waals surface area contributed by atoms with Crippen molar-refractivity contribution in [3.63, 3.8) is 0 Å². The molecule has 0 spiro atoms. The fraction of sp³-hybridized carbons (Fsp3) is 0.0714. The van der Waals surface area contributed by atoms with E-state index in [1.54, 1.807) is 36.4 Å². The fourth-order valence-corrected chi connectivity index (χ4v) is 3.96. The normalized spacial score (nSPS) is 10.4. The van der Waals surface area contributed by atoms with Crippen LogP contribution in [0.25, 0.3) is 11.1 Å². The highest BCUT2D eigenvalue weighted by molar-refractivity contribution is 6.06. The van der Waals surface area contributed by atoms with Crippen LogP contribution in [0.15, 0.2) is 72.8 Å². The van der Waals surface area contributed by atoms with Crippen molar-refractivity contribution in [2.75, 3.05) is 24.9 Å². The van der Waals surface area contributed by atoms with Crippen LogP contribution >= 0.6 is 0 Å². The van der Waals surface area contributed by atoms with Gasteiger partial charge in [0.15, 0.2) is 11.5 Å². The number of hydrogen-bond acceptors (Lipinski definition) is 10. The molecule has 0 saturated carbocycles. The highest BCUT2D eigenvalue weighted by Crippen LogP contribution is 2.36. The summed E-state index contributed by atoms with van der Waals surface area (Å²) in [6, 6.07) is 16.3. The van der Waals surface area contributed by atoms with Crippen LogP contribution < -0.4 is 20.1 Å². The lowest BCUT2D eigenvalue weighted by Crippen LogP contribution is -2.13. The molecule has 0 aliphatic heterocycles. The molecule has 0 aliphatic carbocycles. The zero-order valence-corrected chi connectivity index (χ0v) is 22.0. The topological polar surface area (TPSA) is 203 Å². The summed E-state index contributed by atoms with van der Waals surface area (Å²) in [7, 11) is 2.79. The van der Waals surface area contributed by atoms with Crippen molar-refractivity contribution >= 4 is 34.6 Å². The number of aromatic hydroxyl groups is 2. The van der Waals surface area contributed by atoms with E-state index in [9.17, 15) is 40.0 Å². The first-order chi connectivity index (χ1) is 20.0. The third kappa shape index (κ3) is 6.02. The van der Waals surface area contributed by atoms with Crippen LogP contribution in [0.2, 0.25) is 0 Å². The van der Waals surface area contributed by atoms with Gasteiger partial charge in [0.1, 0.15) is 11.5 Å². The summed E-state index contributed by atoms with van der Waals surface area (Å²) in [4.78, 5) is 46.1. The Kier molecular flexibility index (Phi) is 8.17. The minimum atomic E-state index is -0.800. The Balaban J connectivity index is 1.56. The number of nitrogens with zero attached hydrogens (tertiary/aromatic N) is 2. The average Bonchev–Trinajstić information content (AvgIpc) is 2.97. The predicted octanol–water partition coefficient (Wildman–Crippen LogP) is 5.10. The Morgan fingerprint density at radius 2 is 1.02 bits per heavy atom. The van der Waals surface area contributed by atoms with Gasteiger partial charge in [0.25, 0.3) is 11.8 Å². The maximum atomic E-state index is 12.7. The van der Waals surface area contributed by atoms with E-state index in [2.05, 4.69) is 10.6 Å². The molecule has 0 heterocycles. The van der Waals surface area contributed by atoms with Gasteiger partial charge in [-0.3, -0.25) is 29.8 Å². The number of benzene rings is 4. The number of rotatable bonds is 9. The van der Waals surface area contributed by atoms with Crippen molar-refractivity contribution in [2.24, 2.45) is 0 Å². The van der Waals surface area contributed by atoms with Gasteiger partial charge < -0.3 is 30.3 Å². The smallest absolute Gasteiger partial charge is 0.311 e. The third-order valence-electron chi connectivity index (χ3n) is 6.10. The van der Waals surface area contributed by atoms with Gasteiger partial charge in [-0.05, 0) is 59.7 Å². The van der Waals surface area contributed by atoms with Crippen LogP contribution in [0, 0.1) is 20.2 Å². The molecule has 0 fully saturated rings. The first-order valence-corrected chi connectivity index (χ1v) is 12.0. The number of hydrogen-bond donors (Lipinski definition) is 4. The second-order valence-electron chi connectivity index (χ2n) is 8.66. The molecule has 4 aromatic rings. The van der Waals surface area contributed by atoms with Gasteiger partial charge in [0.2, 0.25) is 0 Å². The van der Waals surface area contributed by atoms with E-state index in [4.69, 9.17) is 9.47 Å². The van der Waals surface area contributed by atoms with Gasteiger partial charge in [-0.1, -0.05) is 12.1 Å². The lowest BCUT2D eigenvalue weighted by atomic mass is 10.0. The lowest BCUT2D eigenvalue weighted by molar-refractivity contribution is -0.386. The first kappa shape index (κ1) is 28.8. The number of phenolic OH excluding ortho intramolecular Hbond substituents is 2. The number of ether oxygens (including phenoxy) is 2. The second-order valence-corrected chi connectivity index (χ2v) is 8.66. The predicted molar refractivity (Wildman–Crippen MR) is 150 cm³/mol. The van der Waals surface area contributed by atoms with Gasteiger partial charge in [-0.25, -0.2) is 0 Å². The van der Waals surface area contributed by atoms with E-state index in [1.807, 2.05) is 0 Å². The molecule has 0 aromatic heterocycles. The van der Waals surface area contributed by atoms with Gasteiger partial charge in [0.05, 0.1) is 35.4 Å². The van der Waals surface area contributed by atoms with Gasteiger partial charge in [-0.15, -0.1) is 0 Å². The summed E-state index contributed by atoms with van der Waals surface area (Å²) in [5.41, 5.74) is 0.545. The van der Waals surface area contributed by atoms with E-state index < -0.39 is 44.5 Å². The van der Waals surface area contributed by atoms with E-state index in [0.29, 0.717) is 11.1 Å². The number of anilines is 2. The third-order valence-corrected chi connectivity index (χ3v) is 6.10.